The molecule has 4 nitrogen and oxygen atoms in total. The molecule has 18 heavy (non-hydrogen) atoms. The maximum atomic E-state index is 11.7. The summed E-state index contributed by atoms with van der Waals surface area (Å²) < 4.78 is 5.20. The molecule has 98 valence electrons. The topological polar surface area (TPSA) is 58.6 Å². The van der Waals surface area contributed by atoms with Gasteiger partial charge in [-0.25, -0.2) is 4.79 Å². The number of alkyl carbamates (subject to hydrolysis) is 1. The molecule has 1 aliphatic carbocycles. The molecule has 0 unspecified atom stereocenters. The molecule has 0 bridgehead atoms. The van der Waals surface area contributed by atoms with Crippen LogP contribution in [0.4, 0.5) is 4.79 Å². The number of rotatable bonds is 1. The second kappa shape index (κ2) is 4.61. The molecule has 2 atom stereocenters. The standard InChI is InChI=1S/C14H19NO3/c1-14(2,3)18-13(17)15-12-10-7-5-4-6-9(10)8-11(12)16/h4-7,11-12,16H,8H2,1-3H3,(H,15,17)/t11-,12-/m0/s1. The Morgan fingerprint density at radius 3 is 2.72 bits per heavy atom. The van der Waals surface area contributed by atoms with Gasteiger partial charge in [0.2, 0.25) is 0 Å². The van der Waals surface area contributed by atoms with Crippen LogP contribution in [-0.4, -0.2) is 22.9 Å². The van der Waals surface area contributed by atoms with Gasteiger partial charge in [-0.05, 0) is 31.9 Å². The fourth-order valence-electron chi connectivity index (χ4n) is 2.18. The monoisotopic (exact) mass is 249 g/mol. The smallest absolute Gasteiger partial charge is 0.408 e. The zero-order valence-corrected chi connectivity index (χ0v) is 10.9. The average molecular weight is 249 g/mol. The molecule has 4 heteroatoms. The van der Waals surface area contributed by atoms with E-state index in [1.807, 2.05) is 45.0 Å². The summed E-state index contributed by atoms with van der Waals surface area (Å²) in [7, 11) is 0. The Hall–Kier alpha value is -1.55. The molecule has 0 spiro atoms. The van der Waals surface area contributed by atoms with Crippen molar-refractivity contribution < 1.29 is 14.6 Å². The van der Waals surface area contributed by atoms with E-state index in [-0.39, 0.29) is 6.04 Å². The lowest BCUT2D eigenvalue weighted by molar-refractivity contribution is 0.0438. The Labute approximate surface area is 107 Å². The number of benzene rings is 1. The Kier molecular flexibility index (Phi) is 3.30. The number of carbonyl (C=O) groups is 1. The van der Waals surface area contributed by atoms with E-state index in [4.69, 9.17) is 4.74 Å². The Morgan fingerprint density at radius 1 is 1.39 bits per heavy atom. The first kappa shape index (κ1) is 12.9. The highest BCUT2D eigenvalue weighted by molar-refractivity contribution is 5.69. The lowest BCUT2D eigenvalue weighted by atomic mass is 10.1. The summed E-state index contributed by atoms with van der Waals surface area (Å²) in [5, 5.41) is 12.7. The van der Waals surface area contributed by atoms with Crippen molar-refractivity contribution in [3.05, 3.63) is 35.4 Å². The summed E-state index contributed by atoms with van der Waals surface area (Å²) in [5.74, 6) is 0. The van der Waals surface area contributed by atoms with Crippen molar-refractivity contribution in [2.45, 2.75) is 44.9 Å². The molecule has 1 amide bonds. The van der Waals surface area contributed by atoms with Gasteiger partial charge in [-0.2, -0.15) is 0 Å². The molecular formula is C14H19NO3. The van der Waals surface area contributed by atoms with E-state index < -0.39 is 17.8 Å². The number of amides is 1. The Bertz CT molecular complexity index is 451. The van der Waals surface area contributed by atoms with Gasteiger partial charge in [0, 0.05) is 6.42 Å². The average Bonchev–Trinajstić information content (AvgIpc) is 2.53. The van der Waals surface area contributed by atoms with Crippen LogP contribution >= 0.6 is 0 Å². The molecule has 1 aromatic carbocycles. The third-order valence-electron chi connectivity index (χ3n) is 2.88. The van der Waals surface area contributed by atoms with Gasteiger partial charge in [-0.15, -0.1) is 0 Å². The second-order valence-corrected chi connectivity index (χ2v) is 5.59. The summed E-state index contributed by atoms with van der Waals surface area (Å²) >= 11 is 0. The fraction of sp³-hybridized carbons (Fsp3) is 0.500. The number of ether oxygens (including phenoxy) is 1. The van der Waals surface area contributed by atoms with Gasteiger partial charge >= 0.3 is 6.09 Å². The number of hydrogen-bond acceptors (Lipinski definition) is 3. The quantitative estimate of drug-likeness (QED) is 0.802. The van der Waals surface area contributed by atoms with E-state index in [0.29, 0.717) is 6.42 Å². The van der Waals surface area contributed by atoms with E-state index >= 15 is 0 Å². The van der Waals surface area contributed by atoms with Gasteiger partial charge in [0.15, 0.2) is 0 Å². The number of nitrogens with one attached hydrogen (secondary N) is 1. The molecule has 0 aromatic heterocycles. The number of aliphatic hydroxyl groups excluding tert-OH is 1. The van der Waals surface area contributed by atoms with Gasteiger partial charge in [-0.3, -0.25) is 0 Å². The lowest BCUT2D eigenvalue weighted by Gasteiger charge is -2.23. The Morgan fingerprint density at radius 2 is 2.06 bits per heavy atom. The Balaban J connectivity index is 2.08. The van der Waals surface area contributed by atoms with Crippen LogP contribution in [0.15, 0.2) is 24.3 Å². The number of aliphatic hydroxyl groups is 1. The highest BCUT2D eigenvalue weighted by atomic mass is 16.6. The molecule has 2 rings (SSSR count). The second-order valence-electron chi connectivity index (χ2n) is 5.59. The molecule has 0 heterocycles. The first-order valence-corrected chi connectivity index (χ1v) is 6.12. The van der Waals surface area contributed by atoms with Gasteiger partial charge in [0.25, 0.3) is 0 Å². The van der Waals surface area contributed by atoms with Gasteiger partial charge in [-0.1, -0.05) is 24.3 Å². The van der Waals surface area contributed by atoms with E-state index in [0.717, 1.165) is 11.1 Å². The van der Waals surface area contributed by atoms with Crippen molar-refractivity contribution in [3.8, 4) is 0 Å². The highest BCUT2D eigenvalue weighted by Gasteiger charge is 2.32. The molecule has 0 fully saturated rings. The molecular weight excluding hydrogens is 230 g/mol. The maximum absolute atomic E-state index is 11.7. The van der Waals surface area contributed by atoms with Gasteiger partial charge < -0.3 is 15.2 Å². The van der Waals surface area contributed by atoms with Gasteiger partial charge in [0.1, 0.15) is 5.60 Å². The summed E-state index contributed by atoms with van der Waals surface area (Å²) in [6, 6.07) is 7.35. The number of hydrogen-bond donors (Lipinski definition) is 2. The van der Waals surface area contributed by atoms with Crippen molar-refractivity contribution in [1.82, 2.24) is 5.32 Å². The van der Waals surface area contributed by atoms with Crippen LogP contribution in [0.5, 0.6) is 0 Å². The SMILES string of the molecule is CC(C)(C)OC(=O)N[C@H]1c2ccccc2C[C@@H]1O. The van der Waals surface area contributed by atoms with Crippen molar-refractivity contribution in [3.63, 3.8) is 0 Å². The molecule has 2 N–H and O–H groups in total. The molecule has 0 saturated carbocycles. The van der Waals surface area contributed by atoms with E-state index in [9.17, 15) is 9.90 Å². The maximum Gasteiger partial charge on any atom is 0.408 e. The minimum atomic E-state index is -0.588. The first-order chi connectivity index (χ1) is 8.37. The largest absolute Gasteiger partial charge is 0.444 e. The van der Waals surface area contributed by atoms with Crippen LogP contribution in [0.1, 0.15) is 37.9 Å². The summed E-state index contributed by atoms with van der Waals surface area (Å²) in [6.07, 6.45) is -0.519. The van der Waals surface area contributed by atoms with Crippen LogP contribution in [0, 0.1) is 0 Å². The third kappa shape index (κ3) is 2.82. The molecule has 1 aliphatic rings. The van der Waals surface area contributed by atoms with Crippen LogP contribution in [0.2, 0.25) is 0 Å². The summed E-state index contributed by atoms with van der Waals surface area (Å²) in [4.78, 5) is 11.7. The predicted octanol–water partition coefficient (Wildman–Crippen LogP) is 2.17. The fourth-order valence-corrected chi connectivity index (χ4v) is 2.18. The third-order valence-corrected chi connectivity index (χ3v) is 2.88. The first-order valence-electron chi connectivity index (χ1n) is 6.12. The van der Waals surface area contributed by atoms with E-state index in [2.05, 4.69) is 5.32 Å². The minimum absolute atomic E-state index is 0.379. The molecule has 0 aliphatic heterocycles. The predicted molar refractivity (Wildman–Crippen MR) is 68.3 cm³/mol. The van der Waals surface area contributed by atoms with Crippen LogP contribution in [0.25, 0.3) is 0 Å². The van der Waals surface area contributed by atoms with E-state index in [1.165, 1.54) is 0 Å². The lowest BCUT2D eigenvalue weighted by Crippen LogP contribution is -2.38. The van der Waals surface area contributed by atoms with E-state index in [1.54, 1.807) is 0 Å². The zero-order valence-electron chi connectivity index (χ0n) is 10.9. The molecule has 1 aromatic rings. The zero-order chi connectivity index (χ0) is 13.3. The summed E-state index contributed by atoms with van der Waals surface area (Å²) in [6.45, 7) is 5.43. The van der Waals surface area contributed by atoms with Crippen LogP contribution in [0.3, 0.4) is 0 Å². The van der Waals surface area contributed by atoms with Crippen molar-refractivity contribution in [2.24, 2.45) is 0 Å². The summed E-state index contributed by atoms with van der Waals surface area (Å²) in [5.41, 5.74) is 1.51. The van der Waals surface area contributed by atoms with Crippen LogP contribution < -0.4 is 5.32 Å². The molecule has 0 radical (unpaired) electrons. The molecule has 0 saturated heterocycles. The van der Waals surface area contributed by atoms with Crippen LogP contribution in [-0.2, 0) is 11.2 Å². The number of fused-ring (bicyclic) bond motifs is 1. The van der Waals surface area contributed by atoms with Crippen molar-refractivity contribution >= 4 is 6.09 Å². The van der Waals surface area contributed by atoms with Crippen molar-refractivity contribution in [1.29, 1.82) is 0 Å². The number of carbonyl (C=O) groups excluding carboxylic acids is 1. The van der Waals surface area contributed by atoms with Gasteiger partial charge in [0.05, 0.1) is 12.1 Å². The minimum Gasteiger partial charge on any atom is -0.444 e. The normalized spacial score (nSPS) is 22.4. The van der Waals surface area contributed by atoms with Crippen molar-refractivity contribution in [2.75, 3.05) is 0 Å². The highest BCUT2D eigenvalue weighted by Crippen LogP contribution is 2.31.